The maximum Gasteiger partial charge on any atom is 0.157 e. The second kappa shape index (κ2) is 3.53. The molecular formula is C8H6ClN4. The number of nitrogens with one attached hydrogen (secondary N) is 1. The van der Waals surface area contributed by atoms with Crippen LogP contribution in [0.3, 0.4) is 0 Å². The van der Waals surface area contributed by atoms with Crippen molar-refractivity contribution in [3.63, 3.8) is 0 Å². The molecule has 1 radical (unpaired) electrons. The van der Waals surface area contributed by atoms with Gasteiger partial charge in [-0.2, -0.15) is 0 Å². The third kappa shape index (κ3) is 2.03. The highest BCUT2D eigenvalue weighted by molar-refractivity contribution is 6.30. The Morgan fingerprint density at radius 2 is 2.31 bits per heavy atom. The molecule has 0 aliphatic heterocycles. The summed E-state index contributed by atoms with van der Waals surface area (Å²) in [5, 5.41) is 14.0. The van der Waals surface area contributed by atoms with Crippen molar-refractivity contribution in [1.29, 1.82) is 0 Å². The van der Waals surface area contributed by atoms with E-state index < -0.39 is 0 Å². The summed E-state index contributed by atoms with van der Waals surface area (Å²) in [6, 6.07) is 7.45. The number of hydrogen-bond acceptors (Lipinski definition) is 3. The van der Waals surface area contributed by atoms with Crippen molar-refractivity contribution in [3.8, 4) is 0 Å². The molecule has 0 amide bonds. The van der Waals surface area contributed by atoms with Gasteiger partial charge in [-0.1, -0.05) is 23.7 Å². The molecule has 1 aromatic carbocycles. The largest absolute Gasteiger partial charge is 0.242 e. The number of rotatable bonds is 2. The van der Waals surface area contributed by atoms with Crippen LogP contribution in [0.2, 0.25) is 5.02 Å². The molecule has 5 heteroatoms. The number of hydrogen-bond donors (Lipinski definition) is 1. The van der Waals surface area contributed by atoms with Gasteiger partial charge in [0.15, 0.2) is 5.82 Å². The SMILES string of the molecule is Clc1cccc([CH]c2nnn[nH]2)c1. The molecule has 0 aliphatic carbocycles. The highest BCUT2D eigenvalue weighted by Crippen LogP contribution is 2.13. The predicted molar refractivity (Wildman–Crippen MR) is 48.1 cm³/mol. The monoisotopic (exact) mass is 193 g/mol. The van der Waals surface area contributed by atoms with Gasteiger partial charge >= 0.3 is 0 Å². The van der Waals surface area contributed by atoms with Crippen LogP contribution in [0.25, 0.3) is 0 Å². The Morgan fingerprint density at radius 1 is 1.38 bits per heavy atom. The van der Waals surface area contributed by atoms with Gasteiger partial charge in [0.1, 0.15) is 0 Å². The highest BCUT2D eigenvalue weighted by atomic mass is 35.5. The van der Waals surface area contributed by atoms with E-state index in [0.717, 1.165) is 5.56 Å². The maximum absolute atomic E-state index is 5.80. The fraction of sp³-hybridized carbons (Fsp3) is 0. The molecule has 1 N–H and O–H groups in total. The Kier molecular flexibility index (Phi) is 2.23. The van der Waals surface area contributed by atoms with E-state index in [9.17, 15) is 0 Å². The first-order chi connectivity index (χ1) is 6.34. The Bertz CT molecular complexity index is 385. The van der Waals surface area contributed by atoms with Gasteiger partial charge in [0.2, 0.25) is 0 Å². The quantitative estimate of drug-likeness (QED) is 0.786. The Balaban J connectivity index is 2.19. The van der Waals surface area contributed by atoms with Crippen molar-refractivity contribution in [3.05, 3.63) is 47.1 Å². The number of nitrogens with zero attached hydrogens (tertiary/aromatic N) is 3. The molecule has 0 spiro atoms. The van der Waals surface area contributed by atoms with Gasteiger partial charge in [-0.25, -0.2) is 5.10 Å². The highest BCUT2D eigenvalue weighted by Gasteiger charge is 2.00. The number of tetrazole rings is 1. The second-order valence-corrected chi connectivity index (χ2v) is 2.92. The summed E-state index contributed by atoms with van der Waals surface area (Å²) >= 11 is 5.80. The van der Waals surface area contributed by atoms with Gasteiger partial charge in [0, 0.05) is 5.02 Å². The molecule has 1 heterocycles. The van der Waals surface area contributed by atoms with E-state index in [0.29, 0.717) is 10.8 Å². The van der Waals surface area contributed by atoms with Crippen molar-refractivity contribution in [2.45, 2.75) is 0 Å². The standard InChI is InChI=1S/C8H6ClN4/c9-7-3-1-2-6(4-7)5-8-10-12-13-11-8/h1-5H,(H,10,11,12,13). The summed E-state index contributed by atoms with van der Waals surface area (Å²) in [5.41, 5.74) is 0.964. The molecule has 0 saturated heterocycles. The van der Waals surface area contributed by atoms with Crippen molar-refractivity contribution in [2.75, 3.05) is 0 Å². The van der Waals surface area contributed by atoms with Crippen LogP contribution in [-0.4, -0.2) is 20.6 Å². The number of aromatic nitrogens is 4. The van der Waals surface area contributed by atoms with Crippen LogP contribution in [0, 0.1) is 6.42 Å². The zero-order valence-electron chi connectivity index (χ0n) is 6.61. The molecule has 0 atom stereocenters. The zero-order chi connectivity index (χ0) is 9.10. The van der Waals surface area contributed by atoms with Crippen molar-refractivity contribution >= 4 is 11.6 Å². The van der Waals surface area contributed by atoms with E-state index in [1.54, 1.807) is 0 Å². The molecule has 4 nitrogen and oxygen atoms in total. The first-order valence-corrected chi connectivity index (χ1v) is 4.06. The summed E-state index contributed by atoms with van der Waals surface area (Å²) in [4.78, 5) is 0. The summed E-state index contributed by atoms with van der Waals surface area (Å²) < 4.78 is 0. The fourth-order valence-corrected chi connectivity index (χ4v) is 1.18. The molecule has 2 rings (SSSR count). The smallest absolute Gasteiger partial charge is 0.157 e. The molecule has 0 bridgehead atoms. The lowest BCUT2D eigenvalue weighted by atomic mass is 10.1. The Hall–Kier alpha value is -1.42. The van der Waals surface area contributed by atoms with Crippen LogP contribution in [-0.2, 0) is 0 Å². The number of benzene rings is 1. The second-order valence-electron chi connectivity index (χ2n) is 2.49. The molecule has 0 fully saturated rings. The van der Waals surface area contributed by atoms with Crippen molar-refractivity contribution < 1.29 is 0 Å². The van der Waals surface area contributed by atoms with Crippen LogP contribution in [0.15, 0.2) is 24.3 Å². The van der Waals surface area contributed by atoms with Crippen LogP contribution in [0.1, 0.15) is 11.4 Å². The summed E-state index contributed by atoms with van der Waals surface area (Å²) in [6.45, 7) is 0. The van der Waals surface area contributed by atoms with E-state index in [1.807, 2.05) is 30.7 Å². The molecule has 0 unspecified atom stereocenters. The maximum atomic E-state index is 5.80. The van der Waals surface area contributed by atoms with Crippen molar-refractivity contribution in [1.82, 2.24) is 20.6 Å². The molecule has 0 saturated carbocycles. The minimum Gasteiger partial charge on any atom is -0.242 e. The normalized spacial score (nSPS) is 10.2. The summed E-state index contributed by atoms with van der Waals surface area (Å²) in [5.74, 6) is 0.613. The Labute approximate surface area is 79.9 Å². The topological polar surface area (TPSA) is 54.5 Å². The lowest BCUT2D eigenvalue weighted by molar-refractivity contribution is 0.881. The van der Waals surface area contributed by atoms with E-state index in [2.05, 4.69) is 20.6 Å². The fourth-order valence-electron chi connectivity index (χ4n) is 0.982. The van der Waals surface area contributed by atoms with Gasteiger partial charge in [-0.15, -0.1) is 5.10 Å². The van der Waals surface area contributed by atoms with E-state index in [-0.39, 0.29) is 0 Å². The van der Waals surface area contributed by atoms with Gasteiger partial charge < -0.3 is 0 Å². The number of aromatic amines is 1. The summed E-state index contributed by atoms with van der Waals surface area (Å²) in [7, 11) is 0. The Morgan fingerprint density at radius 3 is 3.00 bits per heavy atom. The number of halogens is 1. The predicted octanol–water partition coefficient (Wildman–Crippen LogP) is 1.45. The van der Waals surface area contributed by atoms with E-state index in [1.165, 1.54) is 0 Å². The average molecular weight is 194 g/mol. The molecule has 2 aromatic rings. The minimum absolute atomic E-state index is 0.613. The van der Waals surface area contributed by atoms with Crippen LogP contribution < -0.4 is 0 Å². The molecule has 1 aromatic heterocycles. The van der Waals surface area contributed by atoms with E-state index in [4.69, 9.17) is 11.6 Å². The van der Waals surface area contributed by atoms with Gasteiger partial charge in [0.05, 0.1) is 6.42 Å². The van der Waals surface area contributed by atoms with Crippen molar-refractivity contribution in [2.24, 2.45) is 0 Å². The van der Waals surface area contributed by atoms with Gasteiger partial charge in [0.25, 0.3) is 0 Å². The average Bonchev–Trinajstić information content (AvgIpc) is 2.57. The minimum atomic E-state index is 0.613. The van der Waals surface area contributed by atoms with Gasteiger partial charge in [-0.05, 0) is 28.1 Å². The van der Waals surface area contributed by atoms with Gasteiger partial charge in [-0.3, -0.25) is 0 Å². The van der Waals surface area contributed by atoms with Crippen LogP contribution in [0.4, 0.5) is 0 Å². The third-order valence-corrected chi connectivity index (χ3v) is 1.75. The molecular weight excluding hydrogens is 188 g/mol. The zero-order valence-corrected chi connectivity index (χ0v) is 7.36. The van der Waals surface area contributed by atoms with E-state index >= 15 is 0 Å². The molecule has 13 heavy (non-hydrogen) atoms. The first-order valence-electron chi connectivity index (χ1n) is 3.68. The van der Waals surface area contributed by atoms with Crippen LogP contribution in [0.5, 0.6) is 0 Å². The van der Waals surface area contributed by atoms with Crippen LogP contribution >= 0.6 is 11.6 Å². The summed E-state index contributed by atoms with van der Waals surface area (Å²) in [6.07, 6.45) is 1.81. The third-order valence-electron chi connectivity index (χ3n) is 1.51. The first kappa shape index (κ1) is 8.19. The lowest BCUT2D eigenvalue weighted by Crippen LogP contribution is -1.87. The molecule has 0 aliphatic rings. The number of H-pyrrole nitrogens is 1. The lowest BCUT2D eigenvalue weighted by Gasteiger charge is -1.96. The molecule has 65 valence electrons.